The summed E-state index contributed by atoms with van der Waals surface area (Å²) in [6.45, 7) is 15.5. The summed E-state index contributed by atoms with van der Waals surface area (Å²) in [4.78, 5) is 37.8. The van der Waals surface area contributed by atoms with E-state index in [-0.39, 0.29) is 129 Å². The summed E-state index contributed by atoms with van der Waals surface area (Å²) in [5.41, 5.74) is 1.99. The molecule has 140 heavy (non-hydrogen) atoms. The van der Waals surface area contributed by atoms with Crippen LogP contribution in [0.1, 0.15) is 67.7 Å². The van der Waals surface area contributed by atoms with Gasteiger partial charge in [-0.15, -0.1) is 108 Å². The summed E-state index contributed by atoms with van der Waals surface area (Å²) in [6, 6.07) is 96.6. The fourth-order valence-electron chi connectivity index (χ4n) is 10.9. The number of carbonyl (C=O) groups is 1. The van der Waals surface area contributed by atoms with Crippen molar-refractivity contribution >= 4 is 55.8 Å². The minimum atomic E-state index is -4.93. The van der Waals surface area contributed by atoms with Crippen molar-refractivity contribution in [1.82, 2.24) is 45.1 Å². The van der Waals surface area contributed by atoms with Crippen molar-refractivity contribution in [2.75, 3.05) is 26.4 Å². The molecular weight excluding hydrogens is 2780 g/mol. The van der Waals surface area contributed by atoms with Crippen molar-refractivity contribution in [2.24, 2.45) is 0 Å². The number of pyridine rings is 7. The predicted molar refractivity (Wildman–Crippen MR) is 500 cm³/mol. The van der Waals surface area contributed by atoms with Gasteiger partial charge in [0.15, 0.2) is 0 Å². The van der Waals surface area contributed by atoms with Crippen molar-refractivity contribution < 1.29 is 186 Å². The van der Waals surface area contributed by atoms with Crippen LogP contribution in [0.4, 0.5) is 57.1 Å². The number of benzene rings is 8. The Morgan fingerprint density at radius 2 is 0.800 bits per heavy atom. The molecule has 0 bridgehead atoms. The maximum Gasteiger partial charge on any atom is 0.397 e. The fourth-order valence-corrected chi connectivity index (χ4v) is 14.4. The van der Waals surface area contributed by atoms with Crippen LogP contribution < -0.4 is 25.7 Å². The predicted octanol–water partition coefficient (Wildman–Crippen LogP) is 25.4. The first-order valence-electron chi connectivity index (χ1n) is 40.5. The first-order chi connectivity index (χ1) is 65.2. The number of hydrogen-bond donors (Lipinski definition) is 1. The zero-order valence-corrected chi connectivity index (χ0v) is 88.8. The summed E-state index contributed by atoms with van der Waals surface area (Å²) < 4.78 is 186. The second kappa shape index (κ2) is 71.1. The van der Waals surface area contributed by atoms with Crippen molar-refractivity contribution in [3.63, 3.8) is 0 Å². The molecule has 38 heteroatoms. The number of aromatic carboxylic acids is 1. The second-order valence-electron chi connectivity index (χ2n) is 26.2. The van der Waals surface area contributed by atoms with Gasteiger partial charge >= 0.3 is 33.1 Å². The van der Waals surface area contributed by atoms with Gasteiger partial charge in [-0.3, -0.25) is 22.5 Å². The summed E-state index contributed by atoms with van der Waals surface area (Å²) in [5.74, 6) is -2.68. The number of carboxylic acids is 1. The molecule has 0 spiro atoms. The Labute approximate surface area is 878 Å². The molecule has 0 aliphatic rings. The van der Waals surface area contributed by atoms with Gasteiger partial charge in [0.2, 0.25) is 0 Å². The maximum atomic E-state index is 13.2. The standard InChI is InChI=1S/C18H15P.C15H16NO.C13H6F6N.C12H7F3N.2C11H6F2N.C8H6N3.C6H5NO2.C6H16O3P.CNS.CN.5Ir/c1-4-10-16(11-5-1)19(17-12-6-2-7-13-17)18-14-8-3-9-15-18;1-2-3-11-17-14-8-6-7-13(12-14)15-9-4-5-10-16-15;14-12(15,16)8-4-5-9(10(7-8)13(17,18)19)11-3-1-2-6-20-11;13-12(14,15)10-6-4-9(5-7-10)11-3-1-2-8-16-11;2*12-8-4-5-9(10(13)7-8)11-3-1-2-6-14-11;1-2-5-9-7(3-1)8-4-6-10-11-8;8-6(9)5-3-1-2-4-7-5;1-4-7-10(8-5-2)9-6-3;2-1-3;1-2;;;;;/h1-15H;4-6,8-10,12H,2-3,11H2,1H3;1-4,6-7H;1-4,6-8H;2*1-4,6-7H;1-6H;1-4H,(H,8,9);10H,4-6H2,1-3H3;;;;;;;/q;6*-1;;+1;2*-1;;;;;/p+1. The van der Waals surface area contributed by atoms with Crippen LogP contribution in [0.2, 0.25) is 0 Å². The molecule has 0 aliphatic carbocycles. The van der Waals surface area contributed by atoms with E-state index in [0.717, 1.165) is 84.2 Å². The molecule has 1 N–H and O–H groups in total. The minimum Gasteiger partial charge on any atom is -0.753 e. The van der Waals surface area contributed by atoms with Crippen LogP contribution in [-0.2, 0) is 133 Å². The Bertz CT molecular complexity index is 5870. The van der Waals surface area contributed by atoms with Gasteiger partial charge in [0.1, 0.15) is 21.6 Å². The van der Waals surface area contributed by atoms with E-state index in [1.807, 2.05) is 87.5 Å². The number of isothiocyanates is 1. The Morgan fingerprint density at radius 1 is 0.429 bits per heavy atom. The van der Waals surface area contributed by atoms with Gasteiger partial charge in [-0.2, -0.15) is 58.2 Å². The van der Waals surface area contributed by atoms with Crippen LogP contribution in [0.15, 0.2) is 347 Å². The van der Waals surface area contributed by atoms with Gasteiger partial charge in [0.05, 0.1) is 34.3 Å². The largest absolute Gasteiger partial charge is 0.753 e. The van der Waals surface area contributed by atoms with E-state index in [1.165, 1.54) is 63.8 Å². The van der Waals surface area contributed by atoms with E-state index in [1.54, 1.807) is 104 Å². The van der Waals surface area contributed by atoms with Gasteiger partial charge in [-0.25, -0.2) is 9.78 Å². The zero-order chi connectivity index (χ0) is 98.1. The molecule has 16 aromatic rings. The summed E-state index contributed by atoms with van der Waals surface area (Å²) >= 11 is 3.70. The molecule has 0 saturated heterocycles. The average Bonchev–Trinajstić information content (AvgIpc) is 0.860. The van der Waals surface area contributed by atoms with Crippen molar-refractivity contribution in [1.29, 1.82) is 5.26 Å². The Balaban J connectivity index is 0.000000786. The Kier molecular flexibility index (Phi) is 64.4. The van der Waals surface area contributed by atoms with Gasteiger partial charge < -0.3 is 62.2 Å². The van der Waals surface area contributed by atoms with Gasteiger partial charge in [-0.1, -0.05) is 188 Å². The maximum absolute atomic E-state index is 13.2. The van der Waals surface area contributed by atoms with Gasteiger partial charge in [0.25, 0.3) is 0 Å². The molecule has 5 radical (unpaired) electrons. The molecule has 0 unspecified atom stereocenters. The number of hydrogen-bond acceptors (Lipinski definition) is 15. The average molecular weight is 2860 g/mol. The van der Waals surface area contributed by atoms with E-state index in [4.69, 9.17) is 40.7 Å². The number of unbranched alkanes of at least 4 members (excludes halogenated alkanes) is 1. The molecule has 16 rings (SSSR count). The molecule has 0 atom stereocenters. The number of halogens is 13. The third-order valence-electron chi connectivity index (χ3n) is 16.9. The third kappa shape index (κ3) is 46.8. The zero-order valence-electron chi connectivity index (χ0n) is 74.0. The number of aromatic nitrogens is 9. The van der Waals surface area contributed by atoms with E-state index >= 15 is 0 Å². The monoisotopic (exact) mass is 2860 g/mol. The van der Waals surface area contributed by atoms with Crippen LogP contribution in [-0.4, -0.2) is 82.7 Å². The number of ether oxygens (including phenoxy) is 1. The minimum absolute atomic E-state index is 0. The molecule has 741 valence electrons. The SMILES string of the molecule is CCCCOc1cc[c-]c(-c2ccccn2)c1.CCO[PH+](OCC)OCC.FC(F)(F)c1c[c-]c(-c2ccccn2)c(C(F)(F)F)c1.FC(F)(F)c1c[c-]c(-c2ccccn2)cc1.Fc1c[c-]c(-c2ccccn2)c(F)c1.Fc1c[c-]c(-c2ccccn2)c(F)c1.O=C(O)c1ccccn1.[C-]#N.[Ir].[Ir].[Ir].[Ir].[Ir].[N-]=C=S.c1ccc(-c2ccn[n-]2)nc1.c1ccc([PH+](c2ccccc2)c2ccccc2)cc1. The quantitative estimate of drug-likeness (QED) is 0.0186. The molecule has 0 amide bonds. The molecule has 8 aromatic carbocycles. The summed E-state index contributed by atoms with van der Waals surface area (Å²) in [5, 5.41) is 34.9. The molecule has 0 aliphatic heterocycles. The Hall–Kier alpha value is -11.3. The Morgan fingerprint density at radius 3 is 1.13 bits per heavy atom. The van der Waals surface area contributed by atoms with Crippen LogP contribution in [0, 0.1) is 65.4 Å². The van der Waals surface area contributed by atoms with Crippen LogP contribution in [0.3, 0.4) is 0 Å². The second-order valence-corrected chi connectivity index (χ2v) is 30.3. The first-order valence-corrected chi connectivity index (χ1v) is 43.6. The van der Waals surface area contributed by atoms with E-state index in [2.05, 4.69) is 179 Å². The molecule has 8 aromatic heterocycles. The van der Waals surface area contributed by atoms with Crippen LogP contribution >= 0.6 is 28.7 Å². The van der Waals surface area contributed by atoms with Crippen LogP contribution in [0.25, 0.3) is 73.1 Å². The van der Waals surface area contributed by atoms with Crippen molar-refractivity contribution in [2.45, 2.75) is 59.1 Å². The number of nitrogens with zero attached hydrogens (tertiary/aromatic N) is 11. The third-order valence-corrected chi connectivity index (χ3v) is 21.2. The summed E-state index contributed by atoms with van der Waals surface area (Å²) in [6.07, 6.45) is 0.678. The molecule has 8 heterocycles. The molecule has 17 nitrogen and oxygen atoms in total. The smallest absolute Gasteiger partial charge is 0.397 e. The normalized spacial score (nSPS) is 9.98. The van der Waals surface area contributed by atoms with E-state index < -0.39 is 86.5 Å². The van der Waals surface area contributed by atoms with Crippen LogP contribution in [0.5, 0.6) is 5.75 Å². The summed E-state index contributed by atoms with van der Waals surface area (Å²) in [7, 11) is -2.27. The fraction of sp³-hybridized carbons (Fsp3) is 0.127. The molecule has 0 saturated carbocycles. The molecule has 0 fully saturated rings. The van der Waals surface area contributed by atoms with Crippen molar-refractivity contribution in [3.8, 4) is 73.4 Å². The molecular formula is C102H84F13Ir5N11O6P2S-6. The first kappa shape index (κ1) is 127. The topological polar surface area (TPSA) is 238 Å². The number of rotatable bonds is 20. The van der Waals surface area contributed by atoms with Crippen molar-refractivity contribution in [3.05, 3.63) is 435 Å². The van der Waals surface area contributed by atoms with E-state index in [0.29, 0.717) is 48.5 Å². The number of alkyl halides is 9. The number of carboxylic acid groups (broad SMARTS) is 1. The number of thiocarbonyl (C=S) groups is 1. The van der Waals surface area contributed by atoms with E-state index in [9.17, 15) is 61.9 Å². The van der Waals surface area contributed by atoms with Gasteiger partial charge in [0, 0.05) is 185 Å². The van der Waals surface area contributed by atoms with Gasteiger partial charge in [-0.05, 0) is 163 Å².